The van der Waals surface area contributed by atoms with E-state index >= 15 is 0 Å². The van der Waals surface area contributed by atoms with Gasteiger partial charge in [-0.05, 0) is 31.5 Å². The molecule has 20 heavy (non-hydrogen) atoms. The molecule has 2 heterocycles. The van der Waals surface area contributed by atoms with Crippen molar-refractivity contribution in [2.24, 2.45) is 0 Å². The standard InChI is InChI=1S/C15H15ClN4/c1-10-3-4-13(16)14(5-10)17-7-12-8-18-15-6-11(2)19-20(15)9-12/h3-6,8-9,17H,7H2,1-2H3. The van der Waals surface area contributed by atoms with Crippen LogP contribution in [0.15, 0.2) is 36.7 Å². The molecule has 0 aliphatic rings. The zero-order valence-corrected chi connectivity index (χ0v) is 12.1. The lowest BCUT2D eigenvalue weighted by atomic mass is 10.2. The van der Waals surface area contributed by atoms with Crippen LogP contribution in [0, 0.1) is 13.8 Å². The third-order valence-corrected chi connectivity index (χ3v) is 3.42. The van der Waals surface area contributed by atoms with E-state index < -0.39 is 0 Å². The number of hydrogen-bond donors (Lipinski definition) is 1. The maximum atomic E-state index is 6.17. The van der Waals surface area contributed by atoms with Crippen LogP contribution in [0.4, 0.5) is 5.69 Å². The van der Waals surface area contributed by atoms with Crippen molar-refractivity contribution < 1.29 is 0 Å². The molecule has 0 radical (unpaired) electrons. The summed E-state index contributed by atoms with van der Waals surface area (Å²) in [5.41, 5.74) is 4.99. The first kappa shape index (κ1) is 12.9. The number of benzene rings is 1. The van der Waals surface area contributed by atoms with Gasteiger partial charge in [-0.2, -0.15) is 5.10 Å². The third-order valence-electron chi connectivity index (χ3n) is 3.09. The number of nitrogens with zero attached hydrogens (tertiary/aromatic N) is 3. The van der Waals surface area contributed by atoms with Crippen molar-refractivity contribution in [1.29, 1.82) is 0 Å². The molecule has 4 nitrogen and oxygen atoms in total. The highest BCUT2D eigenvalue weighted by molar-refractivity contribution is 6.33. The average Bonchev–Trinajstić information content (AvgIpc) is 2.79. The summed E-state index contributed by atoms with van der Waals surface area (Å²) in [6.07, 6.45) is 3.83. The number of aryl methyl sites for hydroxylation is 2. The van der Waals surface area contributed by atoms with Gasteiger partial charge in [0.1, 0.15) is 0 Å². The van der Waals surface area contributed by atoms with E-state index in [0.29, 0.717) is 6.54 Å². The Labute approximate surface area is 122 Å². The Hall–Kier alpha value is -2.07. The molecule has 3 rings (SSSR count). The minimum atomic E-state index is 0.658. The topological polar surface area (TPSA) is 42.2 Å². The molecular weight excluding hydrogens is 272 g/mol. The number of hydrogen-bond acceptors (Lipinski definition) is 3. The molecule has 0 amide bonds. The highest BCUT2D eigenvalue weighted by Gasteiger charge is 2.03. The Morgan fingerprint density at radius 2 is 2.10 bits per heavy atom. The number of halogens is 1. The van der Waals surface area contributed by atoms with Gasteiger partial charge in [0.25, 0.3) is 0 Å². The summed E-state index contributed by atoms with van der Waals surface area (Å²) >= 11 is 6.17. The van der Waals surface area contributed by atoms with Crippen molar-refractivity contribution >= 4 is 22.9 Å². The number of fused-ring (bicyclic) bond motifs is 1. The largest absolute Gasteiger partial charge is 0.380 e. The lowest BCUT2D eigenvalue weighted by Gasteiger charge is -2.09. The van der Waals surface area contributed by atoms with Crippen molar-refractivity contribution in [3.05, 3.63) is 58.5 Å². The van der Waals surface area contributed by atoms with Gasteiger partial charge in [0.15, 0.2) is 5.65 Å². The Morgan fingerprint density at radius 3 is 2.95 bits per heavy atom. The van der Waals surface area contributed by atoms with Crippen LogP contribution in [0.1, 0.15) is 16.8 Å². The molecular formula is C15H15ClN4. The molecule has 0 fully saturated rings. The van der Waals surface area contributed by atoms with E-state index in [1.54, 1.807) is 4.52 Å². The Morgan fingerprint density at radius 1 is 1.25 bits per heavy atom. The van der Waals surface area contributed by atoms with E-state index in [2.05, 4.69) is 15.4 Å². The fourth-order valence-electron chi connectivity index (χ4n) is 2.10. The van der Waals surface area contributed by atoms with Crippen LogP contribution in [0.3, 0.4) is 0 Å². The molecule has 0 aliphatic heterocycles. The fraction of sp³-hybridized carbons (Fsp3) is 0.200. The lowest BCUT2D eigenvalue weighted by Crippen LogP contribution is -2.03. The predicted octanol–water partition coefficient (Wildman–Crippen LogP) is 3.61. The van der Waals surface area contributed by atoms with Gasteiger partial charge in [-0.3, -0.25) is 0 Å². The molecule has 0 unspecified atom stereocenters. The van der Waals surface area contributed by atoms with E-state index in [4.69, 9.17) is 11.6 Å². The van der Waals surface area contributed by atoms with Crippen LogP contribution >= 0.6 is 11.6 Å². The van der Waals surface area contributed by atoms with Gasteiger partial charge in [0, 0.05) is 30.6 Å². The minimum absolute atomic E-state index is 0.658. The van der Waals surface area contributed by atoms with Gasteiger partial charge < -0.3 is 5.32 Å². The van der Waals surface area contributed by atoms with E-state index in [1.165, 1.54) is 5.56 Å². The SMILES string of the molecule is Cc1ccc(Cl)c(NCc2cnc3cc(C)nn3c2)c1. The molecule has 1 aromatic carbocycles. The first-order valence-electron chi connectivity index (χ1n) is 6.43. The van der Waals surface area contributed by atoms with Crippen LogP contribution in [0.5, 0.6) is 0 Å². The molecule has 5 heteroatoms. The average molecular weight is 287 g/mol. The number of anilines is 1. The Bertz CT molecular complexity index is 764. The van der Waals surface area contributed by atoms with Crippen LogP contribution in [-0.4, -0.2) is 14.6 Å². The second kappa shape index (κ2) is 5.13. The van der Waals surface area contributed by atoms with Crippen molar-refractivity contribution in [2.75, 3.05) is 5.32 Å². The van der Waals surface area contributed by atoms with Crippen LogP contribution in [0.2, 0.25) is 5.02 Å². The van der Waals surface area contributed by atoms with Gasteiger partial charge in [-0.15, -0.1) is 0 Å². The van der Waals surface area contributed by atoms with E-state index in [-0.39, 0.29) is 0 Å². The smallest absolute Gasteiger partial charge is 0.155 e. The summed E-state index contributed by atoms with van der Waals surface area (Å²) in [4.78, 5) is 4.38. The molecule has 0 bridgehead atoms. The second-order valence-corrected chi connectivity index (χ2v) is 5.29. The molecule has 0 atom stereocenters. The maximum absolute atomic E-state index is 6.17. The molecule has 0 saturated heterocycles. The number of nitrogens with one attached hydrogen (secondary N) is 1. The summed E-state index contributed by atoms with van der Waals surface area (Å²) in [6.45, 7) is 4.66. The van der Waals surface area contributed by atoms with Crippen LogP contribution in [-0.2, 0) is 6.54 Å². The molecule has 102 valence electrons. The number of rotatable bonds is 3. The van der Waals surface area contributed by atoms with Gasteiger partial charge >= 0.3 is 0 Å². The summed E-state index contributed by atoms with van der Waals surface area (Å²) in [6, 6.07) is 7.88. The predicted molar refractivity (Wildman–Crippen MR) is 81.2 cm³/mol. The van der Waals surface area contributed by atoms with Gasteiger partial charge in [-0.25, -0.2) is 9.50 Å². The van der Waals surface area contributed by atoms with Crippen molar-refractivity contribution in [1.82, 2.24) is 14.6 Å². The maximum Gasteiger partial charge on any atom is 0.155 e. The van der Waals surface area contributed by atoms with E-state index in [0.717, 1.165) is 27.6 Å². The molecule has 1 N–H and O–H groups in total. The van der Waals surface area contributed by atoms with E-state index in [1.807, 2.05) is 50.5 Å². The molecule has 0 spiro atoms. The Kier molecular flexibility index (Phi) is 3.32. The number of aromatic nitrogens is 3. The Balaban J connectivity index is 1.80. The van der Waals surface area contributed by atoms with Gasteiger partial charge in [0.05, 0.1) is 16.4 Å². The summed E-state index contributed by atoms with van der Waals surface area (Å²) in [7, 11) is 0. The summed E-state index contributed by atoms with van der Waals surface area (Å²) < 4.78 is 1.80. The van der Waals surface area contributed by atoms with Gasteiger partial charge in [-0.1, -0.05) is 17.7 Å². The first-order valence-corrected chi connectivity index (χ1v) is 6.80. The fourth-order valence-corrected chi connectivity index (χ4v) is 2.28. The normalized spacial score (nSPS) is 10.9. The van der Waals surface area contributed by atoms with E-state index in [9.17, 15) is 0 Å². The third kappa shape index (κ3) is 2.60. The molecule has 3 aromatic rings. The highest BCUT2D eigenvalue weighted by atomic mass is 35.5. The lowest BCUT2D eigenvalue weighted by molar-refractivity contribution is 0.895. The quantitative estimate of drug-likeness (QED) is 0.800. The van der Waals surface area contributed by atoms with Gasteiger partial charge in [0.2, 0.25) is 0 Å². The highest BCUT2D eigenvalue weighted by Crippen LogP contribution is 2.23. The van der Waals surface area contributed by atoms with Crippen molar-refractivity contribution in [3.63, 3.8) is 0 Å². The second-order valence-electron chi connectivity index (χ2n) is 4.89. The summed E-state index contributed by atoms with van der Waals surface area (Å²) in [5, 5.41) is 8.41. The monoisotopic (exact) mass is 286 g/mol. The molecule has 0 aliphatic carbocycles. The first-order chi connectivity index (χ1) is 9.61. The summed E-state index contributed by atoms with van der Waals surface area (Å²) in [5.74, 6) is 0. The van der Waals surface area contributed by atoms with Crippen LogP contribution in [0.25, 0.3) is 5.65 Å². The zero-order valence-electron chi connectivity index (χ0n) is 11.4. The molecule has 0 saturated carbocycles. The van der Waals surface area contributed by atoms with Crippen LogP contribution < -0.4 is 5.32 Å². The zero-order chi connectivity index (χ0) is 14.1. The molecule has 2 aromatic heterocycles. The van der Waals surface area contributed by atoms with Crippen molar-refractivity contribution in [3.8, 4) is 0 Å². The minimum Gasteiger partial charge on any atom is -0.380 e. The van der Waals surface area contributed by atoms with Crippen molar-refractivity contribution in [2.45, 2.75) is 20.4 Å².